The van der Waals surface area contributed by atoms with Gasteiger partial charge in [0, 0.05) is 25.6 Å². The number of piperidine rings is 1. The number of carbonyl (C=O) groups is 2. The molecule has 1 saturated heterocycles. The third-order valence-electron chi connectivity index (χ3n) is 3.32. The summed E-state index contributed by atoms with van der Waals surface area (Å²) in [6.45, 7) is 5.94. The molecule has 0 radical (unpaired) electrons. The van der Waals surface area contributed by atoms with Gasteiger partial charge in [0.1, 0.15) is 0 Å². The first kappa shape index (κ1) is 15.8. The molecule has 1 unspecified atom stereocenters. The molecule has 0 aromatic rings. The number of amides is 2. The highest BCUT2D eigenvalue weighted by molar-refractivity contribution is 5.76. The van der Waals surface area contributed by atoms with E-state index in [2.05, 4.69) is 5.32 Å². The van der Waals surface area contributed by atoms with Gasteiger partial charge >= 0.3 is 6.09 Å². The second kappa shape index (κ2) is 7.99. The largest absolute Gasteiger partial charge is 0.450 e. The quantitative estimate of drug-likeness (QED) is 0.771. The Kier molecular flexibility index (Phi) is 6.62. The molecule has 110 valence electrons. The van der Waals surface area contributed by atoms with Gasteiger partial charge in [-0.15, -0.1) is 0 Å². The smallest absolute Gasteiger partial charge is 0.409 e. The minimum Gasteiger partial charge on any atom is -0.450 e. The monoisotopic (exact) mass is 271 g/mol. The molecule has 0 aromatic heterocycles. The molecule has 6 heteroatoms. The molecule has 0 aromatic carbocycles. The number of hydrogen-bond donors (Lipinski definition) is 2. The van der Waals surface area contributed by atoms with Crippen molar-refractivity contribution in [2.24, 2.45) is 11.7 Å². The second-order valence-corrected chi connectivity index (χ2v) is 5.07. The number of ether oxygens (including phenoxy) is 1. The first-order chi connectivity index (χ1) is 9.06. The molecular weight excluding hydrogens is 246 g/mol. The van der Waals surface area contributed by atoms with Crippen molar-refractivity contribution in [1.82, 2.24) is 10.2 Å². The van der Waals surface area contributed by atoms with Gasteiger partial charge in [0.25, 0.3) is 0 Å². The summed E-state index contributed by atoms with van der Waals surface area (Å²) in [6, 6.07) is 0.156. The van der Waals surface area contributed by atoms with Crippen molar-refractivity contribution in [2.45, 2.75) is 39.2 Å². The van der Waals surface area contributed by atoms with Crippen molar-refractivity contribution < 1.29 is 14.3 Å². The zero-order valence-corrected chi connectivity index (χ0v) is 11.9. The molecule has 0 aliphatic carbocycles. The van der Waals surface area contributed by atoms with Crippen LogP contribution in [-0.4, -0.2) is 49.2 Å². The Labute approximate surface area is 114 Å². The summed E-state index contributed by atoms with van der Waals surface area (Å²) >= 11 is 0. The summed E-state index contributed by atoms with van der Waals surface area (Å²) < 4.78 is 4.95. The van der Waals surface area contributed by atoms with Crippen LogP contribution in [0.1, 0.15) is 33.1 Å². The van der Waals surface area contributed by atoms with E-state index in [9.17, 15) is 9.59 Å². The van der Waals surface area contributed by atoms with Crippen molar-refractivity contribution in [3.05, 3.63) is 0 Å². The predicted molar refractivity (Wildman–Crippen MR) is 72.6 cm³/mol. The van der Waals surface area contributed by atoms with Gasteiger partial charge in [0.05, 0.1) is 6.61 Å². The number of nitrogens with two attached hydrogens (primary N) is 1. The molecular formula is C13H25N3O3. The zero-order valence-electron chi connectivity index (χ0n) is 11.9. The van der Waals surface area contributed by atoms with Crippen molar-refractivity contribution in [1.29, 1.82) is 0 Å². The lowest BCUT2D eigenvalue weighted by atomic mass is 10.0. The van der Waals surface area contributed by atoms with Gasteiger partial charge in [0.2, 0.25) is 5.91 Å². The van der Waals surface area contributed by atoms with Crippen LogP contribution in [0.25, 0.3) is 0 Å². The number of nitrogens with one attached hydrogen (secondary N) is 1. The number of carbonyl (C=O) groups excluding carboxylic acids is 2. The van der Waals surface area contributed by atoms with Gasteiger partial charge in [-0.1, -0.05) is 6.92 Å². The summed E-state index contributed by atoms with van der Waals surface area (Å²) in [5.41, 5.74) is 5.50. The van der Waals surface area contributed by atoms with Gasteiger partial charge < -0.3 is 20.7 Å². The van der Waals surface area contributed by atoms with Gasteiger partial charge in [-0.05, 0) is 32.2 Å². The van der Waals surface area contributed by atoms with Gasteiger partial charge in [-0.3, -0.25) is 4.79 Å². The molecule has 0 spiro atoms. The van der Waals surface area contributed by atoms with Crippen LogP contribution < -0.4 is 11.1 Å². The topological polar surface area (TPSA) is 84.7 Å². The Morgan fingerprint density at radius 3 is 2.58 bits per heavy atom. The van der Waals surface area contributed by atoms with Gasteiger partial charge in [-0.2, -0.15) is 0 Å². The van der Waals surface area contributed by atoms with E-state index in [1.807, 2.05) is 6.92 Å². The van der Waals surface area contributed by atoms with E-state index in [1.54, 1.807) is 11.8 Å². The third-order valence-corrected chi connectivity index (χ3v) is 3.32. The fraction of sp³-hybridized carbons (Fsp3) is 0.846. The fourth-order valence-corrected chi connectivity index (χ4v) is 2.11. The van der Waals surface area contributed by atoms with Crippen LogP contribution in [0.4, 0.5) is 4.79 Å². The van der Waals surface area contributed by atoms with Crippen molar-refractivity contribution in [3.8, 4) is 0 Å². The van der Waals surface area contributed by atoms with E-state index in [-0.39, 0.29) is 24.0 Å². The number of nitrogens with zero attached hydrogens (tertiary/aromatic N) is 1. The molecule has 1 aliphatic rings. The Hall–Kier alpha value is -1.30. The van der Waals surface area contributed by atoms with Crippen LogP contribution in [0.5, 0.6) is 0 Å². The van der Waals surface area contributed by atoms with E-state index in [0.717, 1.165) is 12.8 Å². The standard InChI is InChI=1S/C13H25N3O3/c1-3-19-13(18)16-6-4-11(5-7-16)15-12(17)8-10(2)9-14/h10-11H,3-9,14H2,1-2H3,(H,15,17). The highest BCUT2D eigenvalue weighted by atomic mass is 16.6. The van der Waals surface area contributed by atoms with Crippen molar-refractivity contribution >= 4 is 12.0 Å². The maximum absolute atomic E-state index is 11.7. The Balaban J connectivity index is 2.26. The lowest BCUT2D eigenvalue weighted by Gasteiger charge is -2.31. The fourth-order valence-electron chi connectivity index (χ4n) is 2.11. The lowest BCUT2D eigenvalue weighted by molar-refractivity contribution is -0.122. The summed E-state index contributed by atoms with van der Waals surface area (Å²) in [5, 5.41) is 3.00. The van der Waals surface area contributed by atoms with Crippen LogP contribution in [0.3, 0.4) is 0 Å². The molecule has 1 rings (SSSR count). The molecule has 1 fully saturated rings. The van der Waals surface area contributed by atoms with E-state index in [4.69, 9.17) is 10.5 Å². The normalized spacial score (nSPS) is 17.9. The minimum absolute atomic E-state index is 0.0486. The molecule has 2 amide bonds. The maximum Gasteiger partial charge on any atom is 0.409 e. The highest BCUT2D eigenvalue weighted by Gasteiger charge is 2.24. The van der Waals surface area contributed by atoms with E-state index in [0.29, 0.717) is 32.7 Å². The Morgan fingerprint density at radius 2 is 2.05 bits per heavy atom. The average molecular weight is 271 g/mol. The van der Waals surface area contributed by atoms with Crippen molar-refractivity contribution in [3.63, 3.8) is 0 Å². The lowest BCUT2D eigenvalue weighted by Crippen LogP contribution is -2.47. The second-order valence-electron chi connectivity index (χ2n) is 5.07. The van der Waals surface area contributed by atoms with Crippen LogP contribution in [0.15, 0.2) is 0 Å². The molecule has 0 saturated carbocycles. The van der Waals surface area contributed by atoms with Crippen LogP contribution >= 0.6 is 0 Å². The molecule has 1 atom stereocenters. The summed E-state index contributed by atoms with van der Waals surface area (Å²) in [4.78, 5) is 24.9. The van der Waals surface area contributed by atoms with Crippen LogP contribution in [-0.2, 0) is 9.53 Å². The van der Waals surface area contributed by atoms with Crippen molar-refractivity contribution in [2.75, 3.05) is 26.2 Å². The van der Waals surface area contributed by atoms with Crippen LogP contribution in [0, 0.1) is 5.92 Å². The number of likely N-dealkylation sites (tertiary alicyclic amines) is 1. The first-order valence-electron chi connectivity index (χ1n) is 6.98. The molecule has 19 heavy (non-hydrogen) atoms. The van der Waals surface area contributed by atoms with Crippen LogP contribution in [0.2, 0.25) is 0 Å². The van der Waals surface area contributed by atoms with E-state index in [1.165, 1.54) is 0 Å². The maximum atomic E-state index is 11.7. The van der Waals surface area contributed by atoms with E-state index < -0.39 is 0 Å². The highest BCUT2D eigenvalue weighted by Crippen LogP contribution is 2.12. The Bertz CT molecular complexity index is 302. The average Bonchev–Trinajstić information content (AvgIpc) is 2.39. The molecule has 6 nitrogen and oxygen atoms in total. The zero-order chi connectivity index (χ0) is 14.3. The first-order valence-corrected chi connectivity index (χ1v) is 6.98. The molecule has 1 aliphatic heterocycles. The number of hydrogen-bond acceptors (Lipinski definition) is 4. The van der Waals surface area contributed by atoms with E-state index >= 15 is 0 Å². The Morgan fingerprint density at radius 1 is 1.42 bits per heavy atom. The molecule has 3 N–H and O–H groups in total. The molecule has 0 bridgehead atoms. The predicted octanol–water partition coefficient (Wildman–Crippen LogP) is 0.708. The van der Waals surface area contributed by atoms with Gasteiger partial charge in [0.15, 0.2) is 0 Å². The van der Waals surface area contributed by atoms with Gasteiger partial charge in [-0.25, -0.2) is 4.79 Å². The molecule has 1 heterocycles. The summed E-state index contributed by atoms with van der Waals surface area (Å²) in [6.07, 6.45) is 1.77. The summed E-state index contributed by atoms with van der Waals surface area (Å²) in [5.74, 6) is 0.257. The number of rotatable bonds is 5. The summed E-state index contributed by atoms with van der Waals surface area (Å²) in [7, 11) is 0. The SMILES string of the molecule is CCOC(=O)N1CCC(NC(=O)CC(C)CN)CC1. The minimum atomic E-state index is -0.260. The third kappa shape index (κ3) is 5.46.